The van der Waals surface area contributed by atoms with Gasteiger partial charge in [0.1, 0.15) is 30.6 Å². The van der Waals surface area contributed by atoms with Crippen LogP contribution in [-0.4, -0.2) is 27.4 Å². The number of aliphatic hydroxyl groups is 1. The fourth-order valence-electron chi connectivity index (χ4n) is 1.72. The van der Waals surface area contributed by atoms with Crippen molar-refractivity contribution >= 4 is 15.9 Å². The van der Waals surface area contributed by atoms with Gasteiger partial charge in [-0.15, -0.1) is 0 Å². The predicted molar refractivity (Wildman–Crippen MR) is 77.3 cm³/mol. The molecule has 1 aromatic carbocycles. The number of halogens is 1. The fraction of sp³-hybridized carbons (Fsp3) is 0.214. The quantitative estimate of drug-likeness (QED) is 0.890. The standard InChI is InChI=1S/C14H11BrN4O2/c15-10-1-3-12(4-2-10)21-8-11(20)7-19-9-18-13(5-16)14(19)6-17/h1-4,9,11,20H,7-8H2. The summed E-state index contributed by atoms with van der Waals surface area (Å²) < 4.78 is 7.83. The third-order valence-electron chi connectivity index (χ3n) is 2.71. The molecule has 1 unspecified atom stereocenters. The van der Waals surface area contributed by atoms with Gasteiger partial charge in [0.05, 0.1) is 12.9 Å². The van der Waals surface area contributed by atoms with Gasteiger partial charge in [-0.1, -0.05) is 15.9 Å². The van der Waals surface area contributed by atoms with E-state index in [1.807, 2.05) is 24.3 Å². The maximum Gasteiger partial charge on any atom is 0.176 e. The van der Waals surface area contributed by atoms with Crippen LogP contribution in [0.2, 0.25) is 0 Å². The number of hydrogen-bond donors (Lipinski definition) is 1. The molecule has 21 heavy (non-hydrogen) atoms. The summed E-state index contributed by atoms with van der Waals surface area (Å²) in [5.41, 5.74) is 0.193. The van der Waals surface area contributed by atoms with Crippen molar-refractivity contribution in [3.8, 4) is 17.9 Å². The molecule has 0 amide bonds. The third kappa shape index (κ3) is 3.82. The highest BCUT2D eigenvalue weighted by atomic mass is 79.9. The van der Waals surface area contributed by atoms with Crippen molar-refractivity contribution in [3.63, 3.8) is 0 Å². The lowest BCUT2D eigenvalue weighted by molar-refractivity contribution is 0.0922. The third-order valence-corrected chi connectivity index (χ3v) is 3.24. The van der Waals surface area contributed by atoms with Crippen LogP contribution < -0.4 is 4.74 Å². The lowest BCUT2D eigenvalue weighted by Gasteiger charge is -2.13. The number of nitrogens with zero attached hydrogens (tertiary/aromatic N) is 4. The van der Waals surface area contributed by atoms with Crippen LogP contribution in [-0.2, 0) is 6.54 Å². The molecule has 7 heteroatoms. The summed E-state index contributed by atoms with van der Waals surface area (Å²) in [6, 6.07) is 11.0. The van der Waals surface area contributed by atoms with E-state index in [1.54, 1.807) is 12.1 Å². The first kappa shape index (κ1) is 15.0. The molecule has 0 saturated carbocycles. The molecule has 0 aliphatic heterocycles. The summed E-state index contributed by atoms with van der Waals surface area (Å²) in [5.74, 6) is 0.640. The number of hydrogen-bond acceptors (Lipinski definition) is 5. The lowest BCUT2D eigenvalue weighted by atomic mass is 10.3. The molecule has 1 atom stereocenters. The van der Waals surface area contributed by atoms with E-state index in [-0.39, 0.29) is 24.5 Å². The Labute approximate surface area is 130 Å². The zero-order valence-corrected chi connectivity index (χ0v) is 12.5. The van der Waals surface area contributed by atoms with Crippen LogP contribution in [0.4, 0.5) is 0 Å². The van der Waals surface area contributed by atoms with E-state index in [0.717, 1.165) is 4.47 Å². The van der Waals surface area contributed by atoms with Crippen LogP contribution in [0.3, 0.4) is 0 Å². The Hall–Kier alpha value is -2.35. The molecular weight excluding hydrogens is 336 g/mol. The van der Waals surface area contributed by atoms with Crippen molar-refractivity contribution in [3.05, 3.63) is 46.5 Å². The van der Waals surface area contributed by atoms with Gasteiger partial charge in [-0.2, -0.15) is 10.5 Å². The lowest BCUT2D eigenvalue weighted by Crippen LogP contribution is -2.24. The van der Waals surface area contributed by atoms with Crippen molar-refractivity contribution in [2.45, 2.75) is 12.6 Å². The number of imidazole rings is 1. The monoisotopic (exact) mass is 346 g/mol. The summed E-state index contributed by atoms with van der Waals surface area (Å²) in [6.07, 6.45) is 0.543. The highest BCUT2D eigenvalue weighted by Gasteiger charge is 2.13. The first-order valence-electron chi connectivity index (χ1n) is 6.05. The smallest absolute Gasteiger partial charge is 0.176 e. The van der Waals surface area contributed by atoms with Crippen molar-refractivity contribution in [2.24, 2.45) is 0 Å². The molecule has 0 aliphatic rings. The van der Waals surface area contributed by atoms with Gasteiger partial charge in [0, 0.05) is 4.47 Å². The van der Waals surface area contributed by atoms with Gasteiger partial charge in [-0.3, -0.25) is 0 Å². The van der Waals surface area contributed by atoms with Gasteiger partial charge in [0.2, 0.25) is 0 Å². The maximum atomic E-state index is 9.95. The van der Waals surface area contributed by atoms with Crippen LogP contribution in [0.1, 0.15) is 11.4 Å². The van der Waals surface area contributed by atoms with Gasteiger partial charge in [-0.25, -0.2) is 4.98 Å². The minimum absolute atomic E-state index is 0.0542. The van der Waals surface area contributed by atoms with Gasteiger partial charge in [0.15, 0.2) is 11.4 Å². The Bertz CT molecular complexity index is 697. The van der Waals surface area contributed by atoms with E-state index in [9.17, 15) is 5.11 Å². The Morgan fingerprint density at radius 2 is 2.00 bits per heavy atom. The fourth-order valence-corrected chi connectivity index (χ4v) is 1.99. The Morgan fingerprint density at radius 1 is 1.29 bits per heavy atom. The second-order valence-electron chi connectivity index (χ2n) is 4.24. The van der Waals surface area contributed by atoms with E-state index in [0.29, 0.717) is 5.75 Å². The molecule has 1 heterocycles. The highest BCUT2D eigenvalue weighted by Crippen LogP contribution is 2.16. The summed E-state index contributed by atoms with van der Waals surface area (Å²) in [4.78, 5) is 3.81. The van der Waals surface area contributed by atoms with E-state index < -0.39 is 6.10 Å². The molecule has 0 fully saturated rings. The van der Waals surface area contributed by atoms with Crippen molar-refractivity contribution in [1.29, 1.82) is 10.5 Å². The average molecular weight is 347 g/mol. The maximum absolute atomic E-state index is 9.95. The number of aromatic nitrogens is 2. The molecule has 2 rings (SSSR count). The second kappa shape index (κ2) is 6.89. The predicted octanol–water partition coefficient (Wildman–Crippen LogP) is 1.83. The zero-order chi connectivity index (χ0) is 15.2. The van der Waals surface area contributed by atoms with Gasteiger partial charge in [-0.05, 0) is 24.3 Å². The Morgan fingerprint density at radius 3 is 2.62 bits per heavy atom. The van der Waals surface area contributed by atoms with Crippen molar-refractivity contribution < 1.29 is 9.84 Å². The van der Waals surface area contributed by atoms with E-state index in [4.69, 9.17) is 15.3 Å². The molecule has 0 saturated heterocycles. The van der Waals surface area contributed by atoms with Crippen molar-refractivity contribution in [2.75, 3.05) is 6.61 Å². The topological polar surface area (TPSA) is 94.9 Å². The number of aliphatic hydroxyl groups excluding tert-OH is 1. The molecular formula is C14H11BrN4O2. The van der Waals surface area contributed by atoms with Gasteiger partial charge in [0.25, 0.3) is 0 Å². The van der Waals surface area contributed by atoms with E-state index in [1.165, 1.54) is 10.9 Å². The summed E-state index contributed by atoms with van der Waals surface area (Å²) >= 11 is 3.32. The molecule has 0 spiro atoms. The largest absolute Gasteiger partial charge is 0.491 e. The van der Waals surface area contributed by atoms with Crippen LogP contribution >= 0.6 is 15.9 Å². The zero-order valence-electron chi connectivity index (χ0n) is 10.9. The highest BCUT2D eigenvalue weighted by molar-refractivity contribution is 9.10. The molecule has 1 N–H and O–H groups in total. The molecule has 0 radical (unpaired) electrons. The minimum Gasteiger partial charge on any atom is -0.491 e. The van der Waals surface area contributed by atoms with Crippen LogP contribution in [0.15, 0.2) is 35.1 Å². The van der Waals surface area contributed by atoms with E-state index >= 15 is 0 Å². The molecule has 0 aliphatic carbocycles. The molecule has 106 valence electrons. The molecule has 2 aromatic rings. The Kier molecular flexibility index (Phi) is 4.94. The van der Waals surface area contributed by atoms with E-state index in [2.05, 4.69) is 20.9 Å². The van der Waals surface area contributed by atoms with Crippen LogP contribution in [0, 0.1) is 22.7 Å². The van der Waals surface area contributed by atoms with Crippen molar-refractivity contribution in [1.82, 2.24) is 9.55 Å². The first-order chi connectivity index (χ1) is 10.1. The molecule has 1 aromatic heterocycles. The number of nitriles is 2. The normalized spacial score (nSPS) is 11.4. The molecule has 0 bridgehead atoms. The molecule has 6 nitrogen and oxygen atoms in total. The van der Waals surface area contributed by atoms with Crippen LogP contribution in [0.5, 0.6) is 5.75 Å². The second-order valence-corrected chi connectivity index (χ2v) is 5.15. The number of ether oxygens (including phenoxy) is 1. The Balaban J connectivity index is 1.95. The summed E-state index contributed by atoms with van der Waals surface area (Å²) in [5, 5.41) is 27.7. The SMILES string of the molecule is N#Cc1ncn(CC(O)COc2ccc(Br)cc2)c1C#N. The van der Waals surface area contributed by atoms with Gasteiger partial charge < -0.3 is 14.4 Å². The average Bonchev–Trinajstić information content (AvgIpc) is 2.88. The first-order valence-corrected chi connectivity index (χ1v) is 6.85. The minimum atomic E-state index is -0.818. The van der Waals surface area contributed by atoms with Gasteiger partial charge >= 0.3 is 0 Å². The summed E-state index contributed by atoms with van der Waals surface area (Å²) in [6.45, 7) is 0.209. The number of benzene rings is 1. The number of rotatable bonds is 5. The van der Waals surface area contributed by atoms with Crippen LogP contribution in [0.25, 0.3) is 0 Å². The summed E-state index contributed by atoms with van der Waals surface area (Å²) in [7, 11) is 0.